The smallest absolute Gasteiger partial charge is 0.407 e. The van der Waals surface area contributed by atoms with Gasteiger partial charge in [-0.3, -0.25) is 5.10 Å². The van der Waals surface area contributed by atoms with E-state index in [1.54, 1.807) is 23.0 Å². The minimum Gasteiger partial charge on any atom is -0.443 e. The van der Waals surface area contributed by atoms with Gasteiger partial charge in [-0.2, -0.15) is 10.2 Å². The highest BCUT2D eigenvalue weighted by molar-refractivity contribution is 5.72. The molecule has 0 spiro atoms. The number of aromatic amines is 1. The van der Waals surface area contributed by atoms with Crippen molar-refractivity contribution in [2.24, 2.45) is 0 Å². The summed E-state index contributed by atoms with van der Waals surface area (Å²) in [6.07, 6.45) is 1.81. The lowest BCUT2D eigenvalue weighted by atomic mass is 10.0. The quantitative estimate of drug-likeness (QED) is 0.606. The molecule has 1 fully saturated rings. The van der Waals surface area contributed by atoms with Crippen molar-refractivity contribution in [1.82, 2.24) is 30.1 Å². The van der Waals surface area contributed by atoms with Crippen LogP contribution in [0.5, 0.6) is 0 Å². The van der Waals surface area contributed by atoms with E-state index in [1.807, 2.05) is 26.8 Å². The Morgan fingerprint density at radius 3 is 3.00 bits per heavy atom. The van der Waals surface area contributed by atoms with Crippen LogP contribution in [0.25, 0.3) is 5.52 Å². The number of nitrogens with zero attached hydrogens (tertiary/aromatic N) is 4. The molecule has 4 rings (SSSR count). The molecular formula is C19H24FN7O2. The minimum atomic E-state index is -1.29. The van der Waals surface area contributed by atoms with Crippen LogP contribution in [0.3, 0.4) is 0 Å². The predicted octanol–water partition coefficient (Wildman–Crippen LogP) is 3.22. The lowest BCUT2D eigenvalue weighted by Crippen LogP contribution is -2.36. The average Bonchev–Trinajstić information content (AvgIpc) is 3.34. The molecule has 0 unspecified atom stereocenters. The second-order valence-corrected chi connectivity index (χ2v) is 7.60. The molecule has 1 aliphatic carbocycles. The largest absolute Gasteiger partial charge is 0.443 e. The number of aryl methyl sites for hydroxylation is 1. The number of halogens is 1. The molecule has 0 aromatic carbocycles. The number of carbonyl (C=O) groups is 1. The number of anilines is 2. The molecule has 1 aliphatic rings. The molecule has 3 aromatic heterocycles. The second kappa shape index (κ2) is 7.69. The van der Waals surface area contributed by atoms with Crippen LogP contribution in [0.4, 0.5) is 20.8 Å². The molecular weight excluding hydrogens is 377 g/mol. The van der Waals surface area contributed by atoms with E-state index < -0.39 is 24.3 Å². The molecule has 154 valence electrons. The highest BCUT2D eigenvalue weighted by atomic mass is 19.1. The maximum Gasteiger partial charge on any atom is 0.407 e. The van der Waals surface area contributed by atoms with E-state index in [-0.39, 0.29) is 6.04 Å². The van der Waals surface area contributed by atoms with Gasteiger partial charge in [0.15, 0.2) is 11.6 Å². The van der Waals surface area contributed by atoms with Crippen LogP contribution >= 0.6 is 0 Å². The molecule has 3 aromatic rings. The molecule has 0 radical (unpaired) electrons. The molecule has 29 heavy (non-hydrogen) atoms. The van der Waals surface area contributed by atoms with Crippen molar-refractivity contribution in [2.75, 3.05) is 5.32 Å². The van der Waals surface area contributed by atoms with Crippen molar-refractivity contribution >= 4 is 23.2 Å². The molecule has 1 saturated carbocycles. The van der Waals surface area contributed by atoms with Gasteiger partial charge >= 0.3 is 6.09 Å². The summed E-state index contributed by atoms with van der Waals surface area (Å²) in [5.74, 6) is 0.741. The van der Waals surface area contributed by atoms with Crippen LogP contribution in [0.15, 0.2) is 24.5 Å². The Bertz CT molecular complexity index is 1020. The summed E-state index contributed by atoms with van der Waals surface area (Å²) in [5, 5.41) is 17.3. The third-order valence-electron chi connectivity index (χ3n) is 4.92. The number of aromatic nitrogens is 5. The van der Waals surface area contributed by atoms with Crippen molar-refractivity contribution in [3.8, 4) is 0 Å². The summed E-state index contributed by atoms with van der Waals surface area (Å²) in [5.41, 5.74) is 2.36. The fourth-order valence-corrected chi connectivity index (χ4v) is 3.63. The summed E-state index contributed by atoms with van der Waals surface area (Å²) in [6.45, 7) is 5.56. The van der Waals surface area contributed by atoms with Crippen LogP contribution in [0, 0.1) is 6.92 Å². The molecule has 9 nitrogen and oxygen atoms in total. The van der Waals surface area contributed by atoms with E-state index in [4.69, 9.17) is 4.74 Å². The number of carbonyl (C=O) groups excluding carboxylic acids is 1. The lowest BCUT2D eigenvalue weighted by Gasteiger charge is -2.18. The Hall–Kier alpha value is -3.17. The van der Waals surface area contributed by atoms with Crippen LogP contribution in [-0.2, 0) is 4.74 Å². The monoisotopic (exact) mass is 401 g/mol. The SMILES string of the molecule is Cc1cc2c(Nc3cc([C@H]4CC[C@@H](OC(=O)NC(C)C)[C@H]4F)[nH]n3)nccn2n1. The Balaban J connectivity index is 1.44. The van der Waals surface area contributed by atoms with Crippen LogP contribution in [0.2, 0.25) is 0 Å². The van der Waals surface area contributed by atoms with Gasteiger partial charge in [0.1, 0.15) is 17.8 Å². The number of ether oxygens (including phenoxy) is 1. The first kappa shape index (κ1) is 19.2. The van der Waals surface area contributed by atoms with E-state index in [2.05, 4.69) is 30.9 Å². The summed E-state index contributed by atoms with van der Waals surface area (Å²) in [6, 6.07) is 3.63. The number of hydrogen-bond donors (Lipinski definition) is 3. The van der Waals surface area contributed by atoms with Crippen LogP contribution in [0.1, 0.15) is 44.0 Å². The molecule has 3 heterocycles. The van der Waals surface area contributed by atoms with Gasteiger partial charge in [0.2, 0.25) is 0 Å². The van der Waals surface area contributed by atoms with Crippen molar-refractivity contribution < 1.29 is 13.9 Å². The third-order valence-corrected chi connectivity index (χ3v) is 4.92. The fourth-order valence-electron chi connectivity index (χ4n) is 3.63. The first-order valence-corrected chi connectivity index (χ1v) is 9.65. The highest BCUT2D eigenvalue weighted by Gasteiger charge is 2.40. The van der Waals surface area contributed by atoms with Gasteiger partial charge in [0.05, 0.1) is 5.69 Å². The third kappa shape index (κ3) is 4.01. The number of rotatable bonds is 5. The Morgan fingerprint density at radius 2 is 2.21 bits per heavy atom. The van der Waals surface area contributed by atoms with Gasteiger partial charge in [-0.1, -0.05) is 0 Å². The van der Waals surface area contributed by atoms with Gasteiger partial charge in [-0.25, -0.2) is 18.7 Å². The molecule has 0 aliphatic heterocycles. The van der Waals surface area contributed by atoms with E-state index in [0.29, 0.717) is 30.2 Å². The van der Waals surface area contributed by atoms with Gasteiger partial charge in [0.25, 0.3) is 0 Å². The molecule has 0 bridgehead atoms. The highest BCUT2D eigenvalue weighted by Crippen LogP contribution is 2.38. The lowest BCUT2D eigenvalue weighted by molar-refractivity contribution is 0.0555. The normalized spacial score (nSPS) is 21.6. The number of amides is 1. The summed E-state index contributed by atoms with van der Waals surface area (Å²) < 4.78 is 21.9. The van der Waals surface area contributed by atoms with Crippen molar-refractivity contribution in [3.63, 3.8) is 0 Å². The van der Waals surface area contributed by atoms with Crippen LogP contribution in [-0.4, -0.2) is 49.2 Å². The van der Waals surface area contributed by atoms with Crippen molar-refractivity contribution in [1.29, 1.82) is 0 Å². The van der Waals surface area contributed by atoms with E-state index in [9.17, 15) is 9.18 Å². The molecule has 0 saturated heterocycles. The zero-order valence-corrected chi connectivity index (χ0v) is 16.5. The summed E-state index contributed by atoms with van der Waals surface area (Å²) >= 11 is 0. The Labute approximate surface area is 167 Å². The van der Waals surface area contributed by atoms with E-state index in [0.717, 1.165) is 11.2 Å². The Kier molecular flexibility index (Phi) is 5.08. The molecule has 3 atom stereocenters. The zero-order chi connectivity index (χ0) is 20.5. The van der Waals surface area contributed by atoms with Gasteiger partial charge in [-0.05, 0) is 39.7 Å². The van der Waals surface area contributed by atoms with E-state index in [1.165, 1.54) is 0 Å². The standard InChI is InChI=1S/C19H24FN7O2/c1-10(2)22-19(28)29-15-5-4-12(17(15)20)13-9-16(25-24-13)23-18-14-8-11(3)26-27(14)7-6-21-18/h6-10,12,15,17H,4-5H2,1-3H3,(H,22,28)(H2,21,23,24,25)/t12-,15-,17+/m1/s1. The summed E-state index contributed by atoms with van der Waals surface area (Å²) in [7, 11) is 0. The second-order valence-electron chi connectivity index (χ2n) is 7.60. The first-order valence-electron chi connectivity index (χ1n) is 9.65. The molecule has 3 N–H and O–H groups in total. The van der Waals surface area contributed by atoms with Gasteiger partial charge in [-0.15, -0.1) is 0 Å². The number of H-pyrrole nitrogens is 1. The number of hydrogen-bond acceptors (Lipinski definition) is 6. The average molecular weight is 401 g/mol. The maximum absolute atomic E-state index is 14.9. The Morgan fingerprint density at radius 1 is 1.38 bits per heavy atom. The van der Waals surface area contributed by atoms with Crippen molar-refractivity contribution in [2.45, 2.75) is 57.8 Å². The molecule has 1 amide bonds. The number of nitrogens with one attached hydrogen (secondary N) is 3. The number of alkyl carbamates (subject to hydrolysis) is 1. The zero-order valence-electron chi connectivity index (χ0n) is 16.5. The number of fused-ring (bicyclic) bond motifs is 1. The van der Waals surface area contributed by atoms with Crippen LogP contribution < -0.4 is 10.6 Å². The summed E-state index contributed by atoms with van der Waals surface area (Å²) in [4.78, 5) is 16.1. The predicted molar refractivity (Wildman–Crippen MR) is 105 cm³/mol. The first-order chi connectivity index (χ1) is 13.9. The molecule has 10 heteroatoms. The van der Waals surface area contributed by atoms with Crippen molar-refractivity contribution in [3.05, 3.63) is 35.9 Å². The minimum absolute atomic E-state index is 0.0587. The van der Waals surface area contributed by atoms with E-state index >= 15 is 0 Å². The fraction of sp³-hybridized carbons (Fsp3) is 0.474. The number of alkyl halides is 1. The van der Waals surface area contributed by atoms with Gasteiger partial charge in [0, 0.05) is 36.1 Å². The van der Waals surface area contributed by atoms with Gasteiger partial charge < -0.3 is 15.4 Å². The maximum atomic E-state index is 14.9. The topological polar surface area (TPSA) is 109 Å².